The first-order valence-corrected chi connectivity index (χ1v) is 7.45. The topological polar surface area (TPSA) is 154 Å². The molecular formula is C13H20FN3O7. The Kier molecular flexibility index (Phi) is 5.70. The van der Waals surface area contributed by atoms with Gasteiger partial charge in [-0.1, -0.05) is 0 Å². The van der Waals surface area contributed by atoms with Gasteiger partial charge in [0.1, 0.15) is 18.2 Å². The van der Waals surface area contributed by atoms with Crippen LogP contribution in [0.5, 0.6) is 0 Å². The summed E-state index contributed by atoms with van der Waals surface area (Å²) >= 11 is 0. The highest BCUT2D eigenvalue weighted by atomic mass is 19.1. The van der Waals surface area contributed by atoms with E-state index in [4.69, 9.17) is 20.7 Å². The Morgan fingerprint density at radius 1 is 1.46 bits per heavy atom. The molecule has 24 heavy (non-hydrogen) atoms. The monoisotopic (exact) mass is 349 g/mol. The van der Waals surface area contributed by atoms with E-state index in [1.54, 1.807) is 0 Å². The quantitative estimate of drug-likeness (QED) is 0.424. The third-order valence-corrected chi connectivity index (χ3v) is 4.11. The molecule has 11 heteroatoms. The van der Waals surface area contributed by atoms with Crippen LogP contribution in [0.4, 0.5) is 9.18 Å². The normalized spacial score (nSPS) is 32.3. The van der Waals surface area contributed by atoms with Gasteiger partial charge in [0.05, 0.1) is 6.61 Å². The summed E-state index contributed by atoms with van der Waals surface area (Å²) in [6.07, 6.45) is -6.34. The SMILES string of the molecule is NC(CCN1C(=O)CCN([C@@H]2O[C@H](CO)C(O)[C@@H]2F)C1=O)C(=O)O. The summed E-state index contributed by atoms with van der Waals surface area (Å²) in [5.41, 5.74) is 5.35. The lowest BCUT2D eigenvalue weighted by molar-refractivity contribution is -0.140. The molecule has 0 saturated carbocycles. The second-order valence-electron chi connectivity index (χ2n) is 5.69. The van der Waals surface area contributed by atoms with Crippen molar-refractivity contribution in [2.45, 2.75) is 43.5 Å². The number of nitrogens with two attached hydrogens (primary N) is 1. The molecule has 2 rings (SSSR count). The van der Waals surface area contributed by atoms with Gasteiger partial charge in [-0.2, -0.15) is 0 Å². The van der Waals surface area contributed by atoms with Crippen LogP contribution < -0.4 is 5.73 Å². The van der Waals surface area contributed by atoms with Gasteiger partial charge >= 0.3 is 12.0 Å². The second kappa shape index (κ2) is 7.38. The summed E-state index contributed by atoms with van der Waals surface area (Å²) in [6, 6.07) is -2.08. The van der Waals surface area contributed by atoms with Crippen molar-refractivity contribution >= 4 is 17.9 Å². The highest BCUT2D eigenvalue weighted by Crippen LogP contribution is 2.29. The van der Waals surface area contributed by atoms with Crippen LogP contribution in [-0.4, -0.2) is 93.4 Å². The van der Waals surface area contributed by atoms with Gasteiger partial charge in [0.15, 0.2) is 12.4 Å². The number of hydrogen-bond acceptors (Lipinski definition) is 7. The van der Waals surface area contributed by atoms with E-state index in [9.17, 15) is 23.9 Å². The number of alkyl halides is 1. The third-order valence-electron chi connectivity index (χ3n) is 4.11. The van der Waals surface area contributed by atoms with E-state index in [1.807, 2.05) is 0 Å². The first-order valence-electron chi connectivity index (χ1n) is 7.45. The van der Waals surface area contributed by atoms with E-state index in [0.29, 0.717) is 0 Å². The van der Waals surface area contributed by atoms with Crippen LogP contribution in [-0.2, 0) is 14.3 Å². The Hall–Kier alpha value is -1.82. The van der Waals surface area contributed by atoms with Gasteiger partial charge in [-0.3, -0.25) is 19.4 Å². The molecule has 0 aromatic carbocycles. The van der Waals surface area contributed by atoms with Crippen molar-refractivity contribution in [3.05, 3.63) is 0 Å². The number of halogens is 1. The highest BCUT2D eigenvalue weighted by molar-refractivity contribution is 5.97. The van der Waals surface area contributed by atoms with E-state index in [-0.39, 0.29) is 25.9 Å². The number of imide groups is 1. The standard InChI is InChI=1S/C13H20FN3O7/c14-9-10(20)7(5-18)24-11(9)17-4-2-8(19)16(13(17)23)3-1-6(15)12(21)22/h6-7,9-11,18,20H,1-5,15H2,(H,21,22)/t6?,7-,9+,10?,11-/m1/s1. The molecule has 2 fully saturated rings. The molecule has 0 spiro atoms. The zero-order valence-electron chi connectivity index (χ0n) is 12.7. The van der Waals surface area contributed by atoms with E-state index in [1.165, 1.54) is 0 Å². The van der Waals surface area contributed by atoms with Gasteiger partial charge in [0, 0.05) is 19.5 Å². The number of carbonyl (C=O) groups excluding carboxylic acids is 2. The van der Waals surface area contributed by atoms with Crippen LogP contribution in [0.25, 0.3) is 0 Å². The zero-order valence-corrected chi connectivity index (χ0v) is 12.7. The molecule has 3 amide bonds. The van der Waals surface area contributed by atoms with Crippen molar-refractivity contribution in [1.29, 1.82) is 0 Å². The molecular weight excluding hydrogens is 329 g/mol. The van der Waals surface area contributed by atoms with Gasteiger partial charge in [-0.15, -0.1) is 0 Å². The molecule has 0 bridgehead atoms. The maximum Gasteiger partial charge on any atom is 0.328 e. The molecule has 0 radical (unpaired) electrons. The van der Waals surface area contributed by atoms with Crippen molar-refractivity contribution in [2.75, 3.05) is 19.7 Å². The van der Waals surface area contributed by atoms with E-state index in [2.05, 4.69) is 0 Å². The van der Waals surface area contributed by atoms with Crippen molar-refractivity contribution in [3.63, 3.8) is 0 Å². The molecule has 2 saturated heterocycles. The lowest BCUT2D eigenvalue weighted by atomic mass is 10.1. The number of nitrogens with zero attached hydrogens (tertiary/aromatic N) is 2. The Labute approximate surface area is 136 Å². The van der Waals surface area contributed by atoms with Gasteiger partial charge in [-0.25, -0.2) is 9.18 Å². The van der Waals surface area contributed by atoms with Crippen LogP contribution in [0.2, 0.25) is 0 Å². The summed E-state index contributed by atoms with van der Waals surface area (Å²) in [4.78, 5) is 36.7. The Balaban J connectivity index is 2.06. The van der Waals surface area contributed by atoms with Crippen molar-refractivity contribution in [2.24, 2.45) is 5.73 Å². The van der Waals surface area contributed by atoms with E-state index < -0.39 is 55.2 Å². The fraction of sp³-hybridized carbons (Fsp3) is 0.769. The number of carbonyl (C=O) groups is 3. The number of rotatable bonds is 6. The fourth-order valence-electron chi connectivity index (χ4n) is 2.66. The maximum absolute atomic E-state index is 14.1. The predicted molar refractivity (Wildman–Crippen MR) is 75.3 cm³/mol. The molecule has 2 unspecified atom stereocenters. The summed E-state index contributed by atoms with van der Waals surface area (Å²) < 4.78 is 19.3. The number of hydrogen-bond donors (Lipinski definition) is 4. The molecule has 2 heterocycles. The molecule has 10 nitrogen and oxygen atoms in total. The van der Waals surface area contributed by atoms with Gasteiger partial charge in [0.25, 0.3) is 0 Å². The summed E-state index contributed by atoms with van der Waals surface area (Å²) in [5.74, 6) is -1.79. The van der Waals surface area contributed by atoms with Crippen LogP contribution >= 0.6 is 0 Å². The molecule has 0 aromatic rings. The minimum atomic E-state index is -1.93. The van der Waals surface area contributed by atoms with Gasteiger partial charge < -0.3 is 25.8 Å². The van der Waals surface area contributed by atoms with Crippen molar-refractivity contribution in [1.82, 2.24) is 9.80 Å². The number of urea groups is 1. The summed E-state index contributed by atoms with van der Waals surface area (Å²) in [6.45, 7) is -0.942. The Bertz CT molecular complexity index is 520. The minimum Gasteiger partial charge on any atom is -0.480 e. The molecule has 2 aliphatic heterocycles. The van der Waals surface area contributed by atoms with E-state index in [0.717, 1.165) is 9.80 Å². The van der Waals surface area contributed by atoms with Crippen molar-refractivity contribution < 1.29 is 38.8 Å². The first kappa shape index (κ1) is 18.5. The number of aliphatic carboxylic acids is 1. The summed E-state index contributed by atoms with van der Waals surface area (Å²) in [7, 11) is 0. The predicted octanol–water partition coefficient (Wildman–Crippen LogP) is -2.14. The van der Waals surface area contributed by atoms with Crippen LogP contribution in [0.3, 0.4) is 0 Å². The molecule has 5 atom stereocenters. The van der Waals surface area contributed by atoms with Crippen LogP contribution in [0.15, 0.2) is 0 Å². The van der Waals surface area contributed by atoms with E-state index >= 15 is 0 Å². The largest absolute Gasteiger partial charge is 0.480 e. The second-order valence-corrected chi connectivity index (χ2v) is 5.69. The summed E-state index contributed by atoms with van der Waals surface area (Å²) in [5, 5.41) is 27.4. The molecule has 0 aromatic heterocycles. The van der Waals surface area contributed by atoms with Gasteiger partial charge in [0.2, 0.25) is 5.91 Å². The smallest absolute Gasteiger partial charge is 0.328 e. The van der Waals surface area contributed by atoms with Crippen molar-refractivity contribution in [3.8, 4) is 0 Å². The highest BCUT2D eigenvalue weighted by Gasteiger charge is 2.50. The molecule has 5 N–H and O–H groups in total. The first-order chi connectivity index (χ1) is 11.3. The fourth-order valence-corrected chi connectivity index (χ4v) is 2.66. The molecule has 2 aliphatic rings. The number of aliphatic hydroxyl groups excluding tert-OH is 2. The molecule has 0 aliphatic carbocycles. The Morgan fingerprint density at radius 3 is 2.67 bits per heavy atom. The minimum absolute atomic E-state index is 0.0967. The number of aliphatic hydroxyl groups is 2. The average molecular weight is 349 g/mol. The zero-order chi connectivity index (χ0) is 18.0. The average Bonchev–Trinajstić information content (AvgIpc) is 2.82. The number of carboxylic acids is 1. The third kappa shape index (κ3) is 3.48. The lowest BCUT2D eigenvalue weighted by Gasteiger charge is -2.37. The molecule has 136 valence electrons. The number of ether oxygens (including phenoxy) is 1. The van der Waals surface area contributed by atoms with Crippen LogP contribution in [0, 0.1) is 0 Å². The Morgan fingerprint density at radius 2 is 2.12 bits per heavy atom. The number of carboxylic acid groups (broad SMARTS) is 1. The lowest BCUT2D eigenvalue weighted by Crippen LogP contribution is -2.58. The maximum atomic E-state index is 14.1. The number of amides is 3. The van der Waals surface area contributed by atoms with Gasteiger partial charge in [-0.05, 0) is 6.42 Å². The van der Waals surface area contributed by atoms with Crippen LogP contribution in [0.1, 0.15) is 12.8 Å².